The minimum atomic E-state index is -3.14. The zero-order valence-electron chi connectivity index (χ0n) is 14.1. The average Bonchev–Trinajstić information content (AvgIpc) is 2.99. The van der Waals surface area contributed by atoms with E-state index < -0.39 is 15.9 Å². The Balaban J connectivity index is 1.67. The summed E-state index contributed by atoms with van der Waals surface area (Å²) in [5.41, 5.74) is 0.756. The first-order valence-electron chi connectivity index (χ1n) is 8.55. The van der Waals surface area contributed by atoms with E-state index >= 15 is 0 Å². The Morgan fingerprint density at radius 3 is 2.75 bits per heavy atom. The summed E-state index contributed by atoms with van der Waals surface area (Å²) in [6, 6.07) is -0.472. The van der Waals surface area contributed by atoms with Crippen molar-refractivity contribution in [3.05, 3.63) is 18.0 Å². The highest BCUT2D eigenvalue weighted by Crippen LogP contribution is 2.27. The zero-order chi connectivity index (χ0) is 17.2. The molecule has 2 fully saturated rings. The SMILES string of the molecule is Cn1cc([C@H]2CS(=O)(=O)CCN2C(=O)COC2CCCCC2)cn1. The predicted molar refractivity (Wildman–Crippen MR) is 89.1 cm³/mol. The molecule has 0 N–H and O–H groups in total. The molecule has 3 rings (SSSR count). The van der Waals surface area contributed by atoms with E-state index in [1.807, 2.05) is 0 Å². The molecular formula is C16H25N3O4S. The molecule has 134 valence electrons. The van der Waals surface area contributed by atoms with Crippen molar-refractivity contribution in [2.24, 2.45) is 7.05 Å². The molecule has 1 aliphatic heterocycles. The lowest BCUT2D eigenvalue weighted by atomic mass is 9.98. The van der Waals surface area contributed by atoms with Crippen molar-refractivity contribution in [1.29, 1.82) is 0 Å². The number of aryl methyl sites for hydroxylation is 1. The fourth-order valence-electron chi connectivity index (χ4n) is 3.50. The highest BCUT2D eigenvalue weighted by atomic mass is 32.2. The van der Waals surface area contributed by atoms with Crippen molar-refractivity contribution in [3.8, 4) is 0 Å². The Hall–Kier alpha value is -1.41. The minimum absolute atomic E-state index is 0.0128. The minimum Gasteiger partial charge on any atom is -0.368 e. The second kappa shape index (κ2) is 7.23. The molecule has 1 atom stereocenters. The standard InChI is InChI=1S/C16H25N3O4S/c1-18-10-13(9-17-18)15-12-24(21,22)8-7-19(15)16(20)11-23-14-5-3-2-4-6-14/h9-10,14-15H,2-8,11-12H2,1H3/t15-/m1/s1. The van der Waals surface area contributed by atoms with Crippen molar-refractivity contribution in [2.45, 2.75) is 44.2 Å². The second-order valence-corrected chi connectivity index (χ2v) is 8.96. The van der Waals surface area contributed by atoms with Gasteiger partial charge in [0.1, 0.15) is 6.61 Å². The van der Waals surface area contributed by atoms with Crippen LogP contribution in [-0.4, -0.2) is 59.8 Å². The van der Waals surface area contributed by atoms with Crippen molar-refractivity contribution < 1.29 is 17.9 Å². The molecule has 2 aliphatic rings. The first-order chi connectivity index (χ1) is 11.4. The number of nitrogens with zero attached hydrogens (tertiary/aromatic N) is 3. The van der Waals surface area contributed by atoms with Crippen LogP contribution in [0.5, 0.6) is 0 Å². The molecule has 1 amide bonds. The van der Waals surface area contributed by atoms with E-state index in [4.69, 9.17) is 4.74 Å². The quantitative estimate of drug-likeness (QED) is 0.807. The molecule has 0 bridgehead atoms. The summed E-state index contributed by atoms with van der Waals surface area (Å²) in [6.07, 6.45) is 9.12. The van der Waals surface area contributed by atoms with Crippen LogP contribution in [0.2, 0.25) is 0 Å². The molecule has 0 unspecified atom stereocenters. The van der Waals surface area contributed by atoms with Gasteiger partial charge in [0, 0.05) is 25.4 Å². The third-order valence-electron chi connectivity index (χ3n) is 4.86. The van der Waals surface area contributed by atoms with Crippen LogP contribution in [0.15, 0.2) is 12.4 Å². The molecule has 0 aromatic carbocycles. The maximum Gasteiger partial charge on any atom is 0.249 e. The van der Waals surface area contributed by atoms with Gasteiger partial charge in [0.25, 0.3) is 0 Å². The van der Waals surface area contributed by atoms with Gasteiger partial charge in [0.15, 0.2) is 9.84 Å². The number of carbonyl (C=O) groups is 1. The van der Waals surface area contributed by atoms with Gasteiger partial charge in [0.05, 0.1) is 29.8 Å². The predicted octanol–water partition coefficient (Wildman–Crippen LogP) is 1.07. The third kappa shape index (κ3) is 4.16. The van der Waals surface area contributed by atoms with E-state index in [9.17, 15) is 13.2 Å². The number of aromatic nitrogens is 2. The summed E-state index contributed by atoms with van der Waals surface area (Å²) in [5, 5.41) is 4.11. The molecule has 2 heterocycles. The van der Waals surface area contributed by atoms with Crippen molar-refractivity contribution in [2.75, 3.05) is 24.7 Å². The van der Waals surface area contributed by atoms with E-state index in [-0.39, 0.29) is 36.7 Å². The normalized spacial score (nSPS) is 24.9. The van der Waals surface area contributed by atoms with Crippen molar-refractivity contribution in [3.63, 3.8) is 0 Å². The lowest BCUT2D eigenvalue weighted by molar-refractivity contribution is -0.140. The van der Waals surface area contributed by atoms with Gasteiger partial charge in [-0.15, -0.1) is 0 Å². The van der Waals surface area contributed by atoms with Crippen LogP contribution in [-0.2, 0) is 26.4 Å². The van der Waals surface area contributed by atoms with Gasteiger partial charge in [0.2, 0.25) is 5.91 Å². The van der Waals surface area contributed by atoms with Crippen LogP contribution in [0, 0.1) is 0 Å². The van der Waals surface area contributed by atoms with Crippen LogP contribution in [0.1, 0.15) is 43.7 Å². The van der Waals surface area contributed by atoms with E-state index in [0.29, 0.717) is 0 Å². The monoisotopic (exact) mass is 355 g/mol. The summed E-state index contributed by atoms with van der Waals surface area (Å²) < 4.78 is 31.4. The molecular weight excluding hydrogens is 330 g/mol. The Kier molecular flexibility index (Phi) is 5.24. The van der Waals surface area contributed by atoms with Crippen LogP contribution in [0.4, 0.5) is 0 Å². The van der Waals surface area contributed by atoms with E-state index in [1.165, 1.54) is 6.42 Å². The van der Waals surface area contributed by atoms with Gasteiger partial charge in [-0.25, -0.2) is 8.42 Å². The van der Waals surface area contributed by atoms with Crippen molar-refractivity contribution in [1.82, 2.24) is 14.7 Å². The lowest BCUT2D eigenvalue weighted by Crippen LogP contribution is -2.47. The zero-order valence-corrected chi connectivity index (χ0v) is 14.9. The molecule has 24 heavy (non-hydrogen) atoms. The van der Waals surface area contributed by atoms with Gasteiger partial charge in [-0.3, -0.25) is 9.48 Å². The average molecular weight is 355 g/mol. The molecule has 7 nitrogen and oxygen atoms in total. The van der Waals surface area contributed by atoms with Crippen LogP contribution in [0.3, 0.4) is 0 Å². The molecule has 1 aromatic rings. The fourth-order valence-corrected chi connectivity index (χ4v) is 4.99. The van der Waals surface area contributed by atoms with E-state index in [0.717, 1.165) is 31.2 Å². The molecule has 1 saturated heterocycles. The fraction of sp³-hybridized carbons (Fsp3) is 0.750. The number of hydrogen-bond acceptors (Lipinski definition) is 5. The molecule has 0 radical (unpaired) electrons. The summed E-state index contributed by atoms with van der Waals surface area (Å²) in [4.78, 5) is 14.3. The van der Waals surface area contributed by atoms with E-state index in [2.05, 4.69) is 5.10 Å². The number of amides is 1. The van der Waals surface area contributed by atoms with Gasteiger partial charge in [-0.2, -0.15) is 5.10 Å². The highest BCUT2D eigenvalue weighted by molar-refractivity contribution is 7.91. The lowest BCUT2D eigenvalue weighted by Gasteiger charge is -2.35. The number of rotatable bonds is 4. The molecule has 1 aromatic heterocycles. The van der Waals surface area contributed by atoms with E-state index in [1.54, 1.807) is 29.0 Å². The molecule has 1 saturated carbocycles. The van der Waals surface area contributed by atoms with Crippen LogP contribution >= 0.6 is 0 Å². The molecule has 0 spiro atoms. The third-order valence-corrected chi connectivity index (χ3v) is 6.48. The maximum atomic E-state index is 12.6. The Labute approximate surface area is 142 Å². The number of sulfone groups is 1. The van der Waals surface area contributed by atoms with Gasteiger partial charge >= 0.3 is 0 Å². The first-order valence-corrected chi connectivity index (χ1v) is 10.4. The Morgan fingerprint density at radius 2 is 2.08 bits per heavy atom. The van der Waals surface area contributed by atoms with Crippen molar-refractivity contribution >= 4 is 15.7 Å². The van der Waals surface area contributed by atoms with Crippen LogP contribution in [0.25, 0.3) is 0 Å². The highest BCUT2D eigenvalue weighted by Gasteiger charge is 2.36. The smallest absolute Gasteiger partial charge is 0.249 e. The Morgan fingerprint density at radius 1 is 1.33 bits per heavy atom. The number of ether oxygens (including phenoxy) is 1. The van der Waals surface area contributed by atoms with Gasteiger partial charge in [-0.05, 0) is 12.8 Å². The van der Waals surface area contributed by atoms with Gasteiger partial charge < -0.3 is 9.64 Å². The van der Waals surface area contributed by atoms with Gasteiger partial charge in [-0.1, -0.05) is 19.3 Å². The summed E-state index contributed by atoms with van der Waals surface area (Å²) in [5.74, 6) is -0.170. The van der Waals surface area contributed by atoms with Crippen LogP contribution < -0.4 is 0 Å². The summed E-state index contributed by atoms with van der Waals surface area (Å²) >= 11 is 0. The first kappa shape index (κ1) is 17.4. The topological polar surface area (TPSA) is 81.5 Å². The largest absolute Gasteiger partial charge is 0.368 e. The molecule has 8 heteroatoms. The molecule has 1 aliphatic carbocycles. The Bertz CT molecular complexity index is 679. The summed E-state index contributed by atoms with van der Waals surface area (Å²) in [6.45, 7) is 0.246. The number of hydrogen-bond donors (Lipinski definition) is 0. The summed E-state index contributed by atoms with van der Waals surface area (Å²) in [7, 11) is -1.37. The maximum absolute atomic E-state index is 12.6. The number of carbonyl (C=O) groups excluding carboxylic acids is 1. The second-order valence-electron chi connectivity index (χ2n) is 6.74.